The van der Waals surface area contributed by atoms with Crippen LogP contribution in [0.15, 0.2) is 50.5 Å². The lowest BCUT2D eigenvalue weighted by atomic mass is 10.1. The van der Waals surface area contributed by atoms with Crippen LogP contribution in [0.1, 0.15) is 11.1 Å². The molecule has 1 aromatic carbocycles. The number of fused-ring (bicyclic) bond motifs is 1. The average Bonchev–Trinajstić information content (AvgIpc) is 2.51. The minimum atomic E-state index is -0.590. The average molecular weight is 347 g/mol. The maximum absolute atomic E-state index is 12.0. The summed E-state index contributed by atoms with van der Waals surface area (Å²) in [6.45, 7) is 1.77. The fourth-order valence-corrected chi connectivity index (χ4v) is 2.58. The Morgan fingerprint density at radius 1 is 1.25 bits per heavy atom. The van der Waals surface area contributed by atoms with Crippen molar-refractivity contribution >= 4 is 28.3 Å². The molecule has 0 aliphatic rings. The smallest absolute Gasteiger partial charge is 0.336 e. The van der Waals surface area contributed by atoms with Gasteiger partial charge in [-0.25, -0.2) is 4.79 Å². The molecule has 0 fully saturated rings. The number of hydrogen-bond donors (Lipinski definition) is 0. The number of nitro groups is 1. The number of aromatic nitrogens is 1. The molecular formula is C16H11ClN2O5. The Labute approximate surface area is 139 Å². The monoisotopic (exact) mass is 346 g/mol. The number of pyridine rings is 1. The van der Waals surface area contributed by atoms with E-state index < -0.39 is 16.1 Å². The molecule has 3 rings (SSSR count). The fraction of sp³-hybridized carbons (Fsp3) is 0.125. The zero-order valence-electron chi connectivity index (χ0n) is 12.5. The molecule has 2 aromatic heterocycles. The highest BCUT2D eigenvalue weighted by molar-refractivity contribution is 6.32. The molecule has 0 radical (unpaired) electrons. The summed E-state index contributed by atoms with van der Waals surface area (Å²) in [6.07, 6.45) is 1.14. The van der Waals surface area contributed by atoms with Crippen LogP contribution in [-0.4, -0.2) is 9.49 Å². The predicted octanol–water partition coefficient (Wildman–Crippen LogP) is 2.87. The molecule has 7 nitrogen and oxygen atoms in total. The molecule has 0 N–H and O–H groups in total. The van der Waals surface area contributed by atoms with Gasteiger partial charge < -0.3 is 8.98 Å². The Balaban J connectivity index is 2.19. The Morgan fingerprint density at radius 3 is 2.71 bits per heavy atom. The molecule has 0 bridgehead atoms. The SMILES string of the molecule is Cc1cc2oc(=O)cc(Cn3cc([N+](=O)[O-])ccc3=O)c2cc1Cl. The summed E-state index contributed by atoms with van der Waals surface area (Å²) in [7, 11) is 0. The molecule has 3 aromatic rings. The van der Waals surface area contributed by atoms with Crippen LogP contribution < -0.4 is 11.2 Å². The molecule has 0 saturated heterocycles. The summed E-state index contributed by atoms with van der Waals surface area (Å²) in [5.74, 6) is 0. The lowest BCUT2D eigenvalue weighted by Crippen LogP contribution is -2.20. The van der Waals surface area contributed by atoms with E-state index in [-0.39, 0.29) is 12.2 Å². The second-order valence-corrected chi connectivity index (χ2v) is 5.71. The first-order valence-electron chi connectivity index (χ1n) is 6.93. The first-order valence-corrected chi connectivity index (χ1v) is 7.31. The van der Waals surface area contributed by atoms with Crippen molar-refractivity contribution in [2.75, 3.05) is 0 Å². The van der Waals surface area contributed by atoms with Crippen molar-refractivity contribution in [3.8, 4) is 0 Å². The molecule has 122 valence electrons. The van der Waals surface area contributed by atoms with Crippen LogP contribution in [0.5, 0.6) is 0 Å². The van der Waals surface area contributed by atoms with Crippen LogP contribution in [0.4, 0.5) is 5.69 Å². The van der Waals surface area contributed by atoms with E-state index in [2.05, 4.69) is 0 Å². The number of nitrogens with zero attached hydrogens (tertiary/aromatic N) is 2. The van der Waals surface area contributed by atoms with Gasteiger partial charge in [0.15, 0.2) is 0 Å². The van der Waals surface area contributed by atoms with Gasteiger partial charge in [0, 0.05) is 28.6 Å². The lowest BCUT2D eigenvalue weighted by Gasteiger charge is -2.09. The summed E-state index contributed by atoms with van der Waals surface area (Å²) < 4.78 is 6.32. The summed E-state index contributed by atoms with van der Waals surface area (Å²) in [5, 5.41) is 11.9. The lowest BCUT2D eigenvalue weighted by molar-refractivity contribution is -0.385. The Bertz CT molecular complexity index is 1080. The van der Waals surface area contributed by atoms with Gasteiger partial charge in [-0.15, -0.1) is 0 Å². The zero-order chi connectivity index (χ0) is 17.4. The van der Waals surface area contributed by atoms with Gasteiger partial charge in [-0.2, -0.15) is 0 Å². The third kappa shape index (κ3) is 2.93. The van der Waals surface area contributed by atoms with Crippen LogP contribution >= 0.6 is 11.6 Å². The highest BCUT2D eigenvalue weighted by Gasteiger charge is 2.12. The topological polar surface area (TPSA) is 95.3 Å². The molecule has 0 saturated carbocycles. The van der Waals surface area contributed by atoms with Crippen molar-refractivity contribution in [3.63, 3.8) is 0 Å². The van der Waals surface area contributed by atoms with Crippen LogP contribution in [0.2, 0.25) is 5.02 Å². The van der Waals surface area contributed by atoms with E-state index in [9.17, 15) is 19.7 Å². The Morgan fingerprint density at radius 2 is 2.00 bits per heavy atom. The van der Waals surface area contributed by atoms with Crippen molar-refractivity contribution in [1.82, 2.24) is 4.57 Å². The maximum atomic E-state index is 12.0. The largest absolute Gasteiger partial charge is 0.423 e. The second-order valence-electron chi connectivity index (χ2n) is 5.30. The predicted molar refractivity (Wildman–Crippen MR) is 88.7 cm³/mol. The van der Waals surface area contributed by atoms with E-state index in [0.29, 0.717) is 21.6 Å². The molecular weight excluding hydrogens is 336 g/mol. The van der Waals surface area contributed by atoms with Gasteiger partial charge in [-0.3, -0.25) is 14.9 Å². The minimum absolute atomic E-state index is 0.0119. The number of benzene rings is 1. The maximum Gasteiger partial charge on any atom is 0.336 e. The van der Waals surface area contributed by atoms with Gasteiger partial charge in [0.1, 0.15) is 5.58 Å². The van der Waals surface area contributed by atoms with Crippen molar-refractivity contribution in [2.24, 2.45) is 0 Å². The molecule has 0 amide bonds. The molecule has 0 aliphatic heterocycles. The second kappa shape index (κ2) is 5.93. The van der Waals surface area contributed by atoms with E-state index >= 15 is 0 Å². The first kappa shape index (κ1) is 15.9. The summed E-state index contributed by atoms with van der Waals surface area (Å²) in [5.41, 5.74) is 0.384. The molecule has 0 spiro atoms. The third-order valence-electron chi connectivity index (χ3n) is 3.63. The third-order valence-corrected chi connectivity index (χ3v) is 4.04. The Kier molecular flexibility index (Phi) is 3.94. The molecule has 2 heterocycles. The molecule has 24 heavy (non-hydrogen) atoms. The van der Waals surface area contributed by atoms with Gasteiger partial charge in [-0.1, -0.05) is 11.6 Å². The number of rotatable bonds is 3. The van der Waals surface area contributed by atoms with Gasteiger partial charge in [0.05, 0.1) is 17.7 Å². The van der Waals surface area contributed by atoms with E-state index in [1.807, 2.05) is 0 Å². The van der Waals surface area contributed by atoms with Gasteiger partial charge in [0.2, 0.25) is 0 Å². The van der Waals surface area contributed by atoms with Gasteiger partial charge >= 0.3 is 5.63 Å². The number of halogens is 1. The fourth-order valence-electron chi connectivity index (χ4n) is 2.41. The van der Waals surface area contributed by atoms with Crippen LogP contribution in [0.25, 0.3) is 11.0 Å². The van der Waals surface area contributed by atoms with Gasteiger partial charge in [-0.05, 0) is 30.2 Å². The number of hydrogen-bond acceptors (Lipinski definition) is 5. The molecule has 0 atom stereocenters. The first-order chi connectivity index (χ1) is 11.3. The van der Waals surface area contributed by atoms with E-state index in [1.165, 1.54) is 10.6 Å². The minimum Gasteiger partial charge on any atom is -0.423 e. The van der Waals surface area contributed by atoms with Crippen LogP contribution in [-0.2, 0) is 6.54 Å². The molecule has 0 unspecified atom stereocenters. The van der Waals surface area contributed by atoms with E-state index in [4.69, 9.17) is 16.0 Å². The van der Waals surface area contributed by atoms with Crippen molar-refractivity contribution in [2.45, 2.75) is 13.5 Å². The summed E-state index contributed by atoms with van der Waals surface area (Å²) in [4.78, 5) is 34.0. The normalized spacial score (nSPS) is 10.9. The van der Waals surface area contributed by atoms with Crippen molar-refractivity contribution in [3.05, 3.63) is 83.6 Å². The Hall–Kier alpha value is -2.93. The number of aryl methyl sites for hydroxylation is 1. The molecule has 8 heteroatoms. The van der Waals surface area contributed by atoms with Gasteiger partial charge in [0.25, 0.3) is 11.2 Å². The van der Waals surface area contributed by atoms with Crippen molar-refractivity contribution in [1.29, 1.82) is 0 Å². The zero-order valence-corrected chi connectivity index (χ0v) is 13.2. The highest BCUT2D eigenvalue weighted by atomic mass is 35.5. The molecule has 0 aliphatic carbocycles. The highest BCUT2D eigenvalue weighted by Crippen LogP contribution is 2.25. The van der Waals surface area contributed by atoms with Crippen molar-refractivity contribution < 1.29 is 9.34 Å². The summed E-state index contributed by atoms with van der Waals surface area (Å²) >= 11 is 6.12. The van der Waals surface area contributed by atoms with E-state index in [1.54, 1.807) is 19.1 Å². The van der Waals surface area contributed by atoms with Crippen LogP contribution in [0.3, 0.4) is 0 Å². The quantitative estimate of drug-likeness (QED) is 0.413. The van der Waals surface area contributed by atoms with Crippen LogP contribution in [0, 0.1) is 17.0 Å². The standard InChI is InChI=1S/C16H11ClN2O5/c1-9-4-14-12(6-13(9)17)10(5-16(21)24-14)7-18-8-11(19(22)23)2-3-15(18)20/h2-6,8H,7H2,1H3. The summed E-state index contributed by atoms with van der Waals surface area (Å²) in [6, 6.07) is 6.78. The van der Waals surface area contributed by atoms with E-state index in [0.717, 1.165) is 23.9 Å².